The lowest BCUT2D eigenvalue weighted by Crippen LogP contribution is -2.39. The average Bonchev–Trinajstić information content (AvgIpc) is 3.12. The van der Waals surface area contributed by atoms with Crippen LogP contribution in [-0.2, 0) is 9.53 Å². The van der Waals surface area contributed by atoms with E-state index in [4.69, 9.17) is 25.8 Å². The van der Waals surface area contributed by atoms with Gasteiger partial charge in [0.05, 0.1) is 47.7 Å². The molecule has 35 heavy (non-hydrogen) atoms. The molecule has 182 valence electrons. The highest BCUT2D eigenvalue weighted by atomic mass is 35.5. The fourth-order valence-electron chi connectivity index (χ4n) is 4.03. The number of fused-ring (bicyclic) bond motifs is 1. The number of allylic oxidation sites excluding steroid dienone is 1. The van der Waals surface area contributed by atoms with Gasteiger partial charge < -0.3 is 14.2 Å². The summed E-state index contributed by atoms with van der Waals surface area (Å²) >= 11 is 7.60. The topological polar surface area (TPSA) is 79.1 Å². The van der Waals surface area contributed by atoms with E-state index in [9.17, 15) is 9.59 Å². The number of rotatable bonds is 6. The summed E-state index contributed by atoms with van der Waals surface area (Å²) in [7, 11) is 3.03. The third-order valence-corrected chi connectivity index (χ3v) is 6.93. The Labute approximate surface area is 211 Å². The van der Waals surface area contributed by atoms with E-state index in [2.05, 4.69) is 4.99 Å². The highest BCUT2D eigenvalue weighted by Gasteiger charge is 2.33. The largest absolute Gasteiger partial charge is 0.493 e. The summed E-state index contributed by atoms with van der Waals surface area (Å²) in [5.74, 6) is 0.388. The first-order valence-electron chi connectivity index (χ1n) is 11.0. The summed E-state index contributed by atoms with van der Waals surface area (Å²) in [6.45, 7) is 5.72. The zero-order chi connectivity index (χ0) is 25.3. The fourth-order valence-corrected chi connectivity index (χ4v) is 5.37. The molecular weight excluding hydrogens is 488 g/mol. The van der Waals surface area contributed by atoms with Gasteiger partial charge in [-0.15, -0.1) is 0 Å². The first-order chi connectivity index (χ1) is 16.8. The molecule has 9 heteroatoms. The minimum Gasteiger partial charge on any atom is -0.493 e. The number of carbonyl (C=O) groups excluding carboxylic acids is 1. The number of aromatic nitrogens is 1. The van der Waals surface area contributed by atoms with Crippen molar-refractivity contribution in [2.24, 2.45) is 4.99 Å². The van der Waals surface area contributed by atoms with Crippen LogP contribution in [0.2, 0.25) is 5.02 Å². The number of carbonyl (C=O) groups is 1. The molecule has 1 atom stereocenters. The van der Waals surface area contributed by atoms with Gasteiger partial charge in [0.25, 0.3) is 5.56 Å². The number of thiazole rings is 1. The summed E-state index contributed by atoms with van der Waals surface area (Å²) in [6, 6.07) is 10.5. The molecule has 3 aromatic rings. The summed E-state index contributed by atoms with van der Waals surface area (Å²) in [5, 5.41) is 0.365. The van der Waals surface area contributed by atoms with Crippen LogP contribution in [0.15, 0.2) is 57.5 Å². The van der Waals surface area contributed by atoms with Crippen molar-refractivity contribution in [3.63, 3.8) is 0 Å². The van der Waals surface area contributed by atoms with Gasteiger partial charge in [-0.2, -0.15) is 0 Å². The first kappa shape index (κ1) is 24.8. The first-order valence-corrected chi connectivity index (χ1v) is 12.2. The van der Waals surface area contributed by atoms with Crippen LogP contribution in [0.25, 0.3) is 6.08 Å². The lowest BCUT2D eigenvalue weighted by atomic mass is 9.95. The Morgan fingerprint density at radius 2 is 1.89 bits per heavy atom. The van der Waals surface area contributed by atoms with Crippen LogP contribution in [0.5, 0.6) is 11.5 Å². The van der Waals surface area contributed by atoms with Crippen LogP contribution in [0.1, 0.15) is 36.6 Å². The molecule has 7 nitrogen and oxygen atoms in total. The number of nitrogens with zero attached hydrogens (tertiary/aromatic N) is 2. The average molecular weight is 513 g/mol. The van der Waals surface area contributed by atoms with Gasteiger partial charge in [0.1, 0.15) is 0 Å². The summed E-state index contributed by atoms with van der Waals surface area (Å²) in [5.41, 5.74) is 3.16. The molecule has 0 aliphatic carbocycles. The molecule has 1 aliphatic rings. The minimum atomic E-state index is -0.651. The Hall–Kier alpha value is -3.36. The number of benzene rings is 2. The predicted molar refractivity (Wildman–Crippen MR) is 136 cm³/mol. The summed E-state index contributed by atoms with van der Waals surface area (Å²) in [6.07, 6.45) is 1.73. The van der Waals surface area contributed by atoms with Crippen LogP contribution in [-0.4, -0.2) is 31.4 Å². The molecule has 0 N–H and O–H groups in total. The lowest BCUT2D eigenvalue weighted by Gasteiger charge is -2.24. The molecule has 0 fully saturated rings. The van der Waals surface area contributed by atoms with E-state index in [-0.39, 0.29) is 12.2 Å². The van der Waals surface area contributed by atoms with Crippen LogP contribution >= 0.6 is 22.9 Å². The lowest BCUT2D eigenvalue weighted by molar-refractivity contribution is -0.139. The highest BCUT2D eigenvalue weighted by Crippen LogP contribution is 2.36. The molecule has 0 bridgehead atoms. The Bertz CT molecular complexity index is 1500. The third kappa shape index (κ3) is 4.63. The van der Waals surface area contributed by atoms with E-state index in [0.29, 0.717) is 42.7 Å². The maximum atomic E-state index is 13.7. The molecule has 0 radical (unpaired) electrons. The zero-order valence-electron chi connectivity index (χ0n) is 20.0. The SMILES string of the molecule is CCOC(=O)C1=C(C)N=c2s/c(=C/c3cc(Cl)c(OC)c(OC)c3)c(=O)n2[C@@H]1c1ccc(C)cc1. The van der Waals surface area contributed by atoms with Crippen molar-refractivity contribution in [2.45, 2.75) is 26.8 Å². The second kappa shape index (κ2) is 10.1. The smallest absolute Gasteiger partial charge is 0.338 e. The number of hydrogen-bond acceptors (Lipinski definition) is 7. The van der Waals surface area contributed by atoms with Crippen molar-refractivity contribution in [2.75, 3.05) is 20.8 Å². The second-order valence-electron chi connectivity index (χ2n) is 7.95. The third-order valence-electron chi connectivity index (χ3n) is 5.66. The number of esters is 1. The Morgan fingerprint density at radius 1 is 1.17 bits per heavy atom. The molecule has 4 rings (SSSR count). The van der Waals surface area contributed by atoms with Crippen molar-refractivity contribution < 1.29 is 19.0 Å². The number of methoxy groups -OCH3 is 2. The Kier molecular flexibility index (Phi) is 7.14. The second-order valence-corrected chi connectivity index (χ2v) is 9.37. The van der Waals surface area contributed by atoms with Crippen molar-refractivity contribution in [1.29, 1.82) is 0 Å². The Balaban J connectivity index is 1.94. The van der Waals surface area contributed by atoms with Crippen LogP contribution in [0.4, 0.5) is 0 Å². The molecule has 2 heterocycles. The van der Waals surface area contributed by atoms with E-state index >= 15 is 0 Å². The molecular formula is C26H25ClN2O5S. The molecule has 2 aromatic carbocycles. The molecule has 0 saturated carbocycles. The van der Waals surface area contributed by atoms with Gasteiger partial charge in [0.15, 0.2) is 16.3 Å². The minimum absolute atomic E-state index is 0.223. The maximum absolute atomic E-state index is 13.7. The molecule has 0 saturated heterocycles. The van der Waals surface area contributed by atoms with E-state index < -0.39 is 12.0 Å². The monoisotopic (exact) mass is 512 g/mol. The van der Waals surface area contributed by atoms with Gasteiger partial charge >= 0.3 is 5.97 Å². The molecule has 0 unspecified atom stereocenters. The van der Waals surface area contributed by atoms with Crippen molar-refractivity contribution >= 4 is 35.0 Å². The fraction of sp³-hybridized carbons (Fsp3) is 0.269. The standard InChI is InChI=1S/C26H25ClN2O5S/c1-6-34-25(31)21-15(3)28-26-29(22(21)17-9-7-14(2)8-10-17)24(30)20(35-26)13-16-11-18(27)23(33-5)19(12-16)32-4/h7-13,22H,6H2,1-5H3/b20-13+/t22-/m1/s1. The van der Waals surface area contributed by atoms with Gasteiger partial charge in [-0.05, 0) is 50.1 Å². The maximum Gasteiger partial charge on any atom is 0.338 e. The highest BCUT2D eigenvalue weighted by molar-refractivity contribution is 7.07. The van der Waals surface area contributed by atoms with Crippen molar-refractivity contribution in [1.82, 2.24) is 4.57 Å². The normalized spacial score (nSPS) is 15.5. The zero-order valence-corrected chi connectivity index (χ0v) is 21.6. The van der Waals surface area contributed by atoms with Crippen LogP contribution in [0.3, 0.4) is 0 Å². The van der Waals surface area contributed by atoms with Crippen LogP contribution in [0, 0.1) is 6.92 Å². The van der Waals surface area contributed by atoms with Gasteiger partial charge in [0, 0.05) is 0 Å². The van der Waals surface area contributed by atoms with E-state index in [1.807, 2.05) is 31.2 Å². The Morgan fingerprint density at radius 3 is 2.51 bits per heavy atom. The molecule has 0 amide bonds. The van der Waals surface area contributed by atoms with Gasteiger partial charge in [0.2, 0.25) is 0 Å². The van der Waals surface area contributed by atoms with E-state index in [1.54, 1.807) is 36.6 Å². The number of ether oxygens (including phenoxy) is 3. The molecule has 1 aromatic heterocycles. The van der Waals surface area contributed by atoms with Crippen molar-refractivity contribution in [3.05, 3.63) is 89.1 Å². The summed E-state index contributed by atoms with van der Waals surface area (Å²) in [4.78, 5) is 31.7. The molecule has 0 spiro atoms. The van der Waals surface area contributed by atoms with Gasteiger partial charge in [-0.3, -0.25) is 9.36 Å². The predicted octanol–water partition coefficient (Wildman–Crippen LogP) is 3.78. The van der Waals surface area contributed by atoms with Gasteiger partial charge in [-0.1, -0.05) is 52.8 Å². The van der Waals surface area contributed by atoms with E-state index in [0.717, 1.165) is 11.1 Å². The van der Waals surface area contributed by atoms with E-state index in [1.165, 1.54) is 25.6 Å². The molecule has 1 aliphatic heterocycles. The van der Waals surface area contributed by atoms with Gasteiger partial charge in [-0.25, -0.2) is 9.79 Å². The van der Waals surface area contributed by atoms with Crippen LogP contribution < -0.4 is 24.4 Å². The number of aryl methyl sites for hydroxylation is 1. The number of hydrogen-bond donors (Lipinski definition) is 0. The summed E-state index contributed by atoms with van der Waals surface area (Å²) < 4.78 is 18.0. The van der Waals surface area contributed by atoms with Crippen molar-refractivity contribution in [3.8, 4) is 11.5 Å². The quantitative estimate of drug-likeness (QED) is 0.470. The number of halogens is 1.